The SMILES string of the molecule is Cn1c2ccccc2c2cc(S(=O)(=O)NC(=O)COc3ccc(C(=O)c4ccccc4)cc3)ccc21. The second-order valence-corrected chi connectivity index (χ2v) is 9.97. The van der Waals surface area contributed by atoms with Crippen LogP contribution in [0.4, 0.5) is 0 Å². The quantitative estimate of drug-likeness (QED) is 0.335. The molecule has 8 heteroatoms. The maximum Gasteiger partial charge on any atom is 0.271 e. The Balaban J connectivity index is 1.26. The molecule has 0 fully saturated rings. The number of nitrogens with one attached hydrogen (secondary N) is 1. The first-order chi connectivity index (χ1) is 17.3. The number of amides is 1. The maximum atomic E-state index is 12.9. The molecule has 0 bridgehead atoms. The fourth-order valence-corrected chi connectivity index (χ4v) is 5.16. The number of hydrogen-bond donors (Lipinski definition) is 1. The van der Waals surface area contributed by atoms with Gasteiger partial charge in [-0.25, -0.2) is 13.1 Å². The number of aromatic nitrogens is 1. The molecule has 1 amide bonds. The standard InChI is InChI=1S/C28H22N2O5S/c1-30-25-10-6-5-9-23(25)24-17-22(15-16-26(24)30)36(33,34)29-27(31)18-35-21-13-11-20(12-14-21)28(32)19-7-3-2-4-8-19/h2-17H,18H2,1H3,(H,29,31). The van der Waals surface area contributed by atoms with Gasteiger partial charge in [0.2, 0.25) is 0 Å². The fraction of sp³-hybridized carbons (Fsp3) is 0.0714. The van der Waals surface area contributed by atoms with Crippen molar-refractivity contribution in [3.05, 3.63) is 108 Å². The van der Waals surface area contributed by atoms with Gasteiger partial charge < -0.3 is 9.30 Å². The average molecular weight is 499 g/mol. The van der Waals surface area contributed by atoms with Crippen LogP contribution in [0.25, 0.3) is 21.8 Å². The summed E-state index contributed by atoms with van der Waals surface area (Å²) in [6, 6.07) is 27.7. The number of ether oxygens (including phenoxy) is 1. The van der Waals surface area contributed by atoms with Crippen molar-refractivity contribution in [2.45, 2.75) is 4.90 Å². The molecule has 1 heterocycles. The van der Waals surface area contributed by atoms with Gasteiger partial charge in [-0.05, 0) is 48.5 Å². The van der Waals surface area contributed by atoms with Crippen molar-refractivity contribution in [2.75, 3.05) is 6.61 Å². The molecule has 7 nitrogen and oxygen atoms in total. The molecule has 0 unspecified atom stereocenters. The third kappa shape index (κ3) is 4.46. The number of hydrogen-bond acceptors (Lipinski definition) is 5. The fourth-order valence-electron chi connectivity index (χ4n) is 4.16. The topological polar surface area (TPSA) is 94.5 Å². The van der Waals surface area contributed by atoms with Gasteiger partial charge in [-0.2, -0.15) is 0 Å². The number of para-hydroxylation sites is 1. The number of carbonyl (C=O) groups is 2. The molecule has 1 aromatic heterocycles. The molecule has 0 spiro atoms. The normalized spacial score (nSPS) is 11.5. The van der Waals surface area contributed by atoms with Crippen LogP contribution in [0, 0.1) is 0 Å². The van der Waals surface area contributed by atoms with Gasteiger partial charge in [0.25, 0.3) is 15.9 Å². The molecule has 0 aliphatic heterocycles. The molecular formula is C28H22N2O5S. The summed E-state index contributed by atoms with van der Waals surface area (Å²) < 4.78 is 35.2. The van der Waals surface area contributed by atoms with Crippen molar-refractivity contribution < 1.29 is 22.7 Å². The average Bonchev–Trinajstić information content (AvgIpc) is 3.19. The number of benzene rings is 4. The van der Waals surface area contributed by atoms with Crippen LogP contribution >= 0.6 is 0 Å². The lowest BCUT2D eigenvalue weighted by Gasteiger charge is -2.09. The molecule has 180 valence electrons. The molecule has 36 heavy (non-hydrogen) atoms. The van der Waals surface area contributed by atoms with Crippen LogP contribution in [-0.4, -0.2) is 31.3 Å². The molecule has 0 atom stereocenters. The zero-order chi connectivity index (χ0) is 25.3. The van der Waals surface area contributed by atoms with E-state index in [1.54, 1.807) is 60.7 Å². The largest absolute Gasteiger partial charge is 0.484 e. The first kappa shape index (κ1) is 23.3. The van der Waals surface area contributed by atoms with E-state index >= 15 is 0 Å². The number of sulfonamides is 1. The number of rotatable bonds is 7. The van der Waals surface area contributed by atoms with E-state index in [0.29, 0.717) is 16.9 Å². The monoisotopic (exact) mass is 498 g/mol. The van der Waals surface area contributed by atoms with Gasteiger partial charge >= 0.3 is 0 Å². The van der Waals surface area contributed by atoms with Crippen LogP contribution in [-0.2, 0) is 21.9 Å². The Labute approximate surface area is 208 Å². The van der Waals surface area contributed by atoms with Gasteiger partial charge in [-0.3, -0.25) is 9.59 Å². The van der Waals surface area contributed by atoms with Crippen LogP contribution < -0.4 is 9.46 Å². The molecule has 5 rings (SSSR count). The first-order valence-corrected chi connectivity index (χ1v) is 12.7. The second kappa shape index (κ2) is 9.31. The van der Waals surface area contributed by atoms with Crippen molar-refractivity contribution >= 4 is 43.5 Å². The van der Waals surface area contributed by atoms with Crippen molar-refractivity contribution in [3.63, 3.8) is 0 Å². The van der Waals surface area contributed by atoms with E-state index in [4.69, 9.17) is 4.74 Å². The summed E-state index contributed by atoms with van der Waals surface area (Å²) in [7, 11) is -2.18. The summed E-state index contributed by atoms with van der Waals surface area (Å²) in [5, 5.41) is 1.71. The van der Waals surface area contributed by atoms with E-state index in [0.717, 1.165) is 21.8 Å². The minimum atomic E-state index is -4.10. The van der Waals surface area contributed by atoms with E-state index in [2.05, 4.69) is 4.72 Å². The van der Waals surface area contributed by atoms with E-state index in [1.807, 2.05) is 41.9 Å². The summed E-state index contributed by atoms with van der Waals surface area (Å²) in [5.74, 6) is -0.601. The van der Waals surface area contributed by atoms with Crippen LogP contribution in [0.1, 0.15) is 15.9 Å². The molecule has 5 aromatic rings. The first-order valence-electron chi connectivity index (χ1n) is 11.2. The summed E-state index contributed by atoms with van der Waals surface area (Å²) in [5.41, 5.74) is 2.91. The lowest BCUT2D eigenvalue weighted by molar-refractivity contribution is -0.121. The van der Waals surface area contributed by atoms with Gasteiger partial charge in [0, 0.05) is 40.0 Å². The zero-order valence-electron chi connectivity index (χ0n) is 19.3. The Hall–Kier alpha value is -4.43. The summed E-state index contributed by atoms with van der Waals surface area (Å²) in [4.78, 5) is 24.9. The lowest BCUT2D eigenvalue weighted by atomic mass is 10.0. The summed E-state index contributed by atoms with van der Waals surface area (Å²) in [6.07, 6.45) is 0. The molecule has 0 saturated heterocycles. The van der Waals surface area contributed by atoms with Gasteiger partial charge in [-0.15, -0.1) is 0 Å². The second-order valence-electron chi connectivity index (χ2n) is 8.29. The van der Waals surface area contributed by atoms with Crippen molar-refractivity contribution in [1.29, 1.82) is 0 Å². The number of carbonyl (C=O) groups excluding carboxylic acids is 2. The van der Waals surface area contributed by atoms with E-state index in [-0.39, 0.29) is 10.7 Å². The minimum Gasteiger partial charge on any atom is -0.484 e. The predicted molar refractivity (Wildman–Crippen MR) is 138 cm³/mol. The molecule has 0 saturated carbocycles. The predicted octanol–water partition coefficient (Wildman–Crippen LogP) is 4.45. The molecule has 0 aliphatic rings. The minimum absolute atomic E-state index is 0.0107. The summed E-state index contributed by atoms with van der Waals surface area (Å²) >= 11 is 0. The van der Waals surface area contributed by atoms with E-state index in [1.165, 1.54) is 6.07 Å². The third-order valence-electron chi connectivity index (χ3n) is 5.97. The highest BCUT2D eigenvalue weighted by molar-refractivity contribution is 7.90. The van der Waals surface area contributed by atoms with Gasteiger partial charge in [0.15, 0.2) is 12.4 Å². The number of fused-ring (bicyclic) bond motifs is 3. The molecule has 4 aromatic carbocycles. The van der Waals surface area contributed by atoms with Crippen molar-refractivity contribution in [2.24, 2.45) is 7.05 Å². The number of aryl methyl sites for hydroxylation is 1. The maximum absolute atomic E-state index is 12.9. The molecule has 0 radical (unpaired) electrons. The molecule has 1 N–H and O–H groups in total. The highest BCUT2D eigenvalue weighted by Gasteiger charge is 2.20. The number of nitrogens with zero attached hydrogens (tertiary/aromatic N) is 1. The van der Waals surface area contributed by atoms with Crippen LogP contribution in [0.15, 0.2) is 102 Å². The van der Waals surface area contributed by atoms with E-state index in [9.17, 15) is 18.0 Å². The van der Waals surface area contributed by atoms with Crippen LogP contribution in [0.3, 0.4) is 0 Å². The smallest absolute Gasteiger partial charge is 0.271 e. The van der Waals surface area contributed by atoms with Crippen LogP contribution in [0.5, 0.6) is 5.75 Å². The number of ketones is 1. The van der Waals surface area contributed by atoms with Gasteiger partial charge in [0.1, 0.15) is 5.75 Å². The van der Waals surface area contributed by atoms with Gasteiger partial charge in [0.05, 0.1) is 4.90 Å². The Morgan fingerprint density at radius 2 is 1.42 bits per heavy atom. The Kier molecular flexibility index (Phi) is 6.03. The highest BCUT2D eigenvalue weighted by Crippen LogP contribution is 2.29. The summed E-state index contributed by atoms with van der Waals surface area (Å²) in [6.45, 7) is -0.498. The zero-order valence-corrected chi connectivity index (χ0v) is 20.2. The Morgan fingerprint density at radius 3 is 2.17 bits per heavy atom. The molecular weight excluding hydrogens is 476 g/mol. The lowest BCUT2D eigenvalue weighted by Crippen LogP contribution is -2.34. The van der Waals surface area contributed by atoms with Crippen LogP contribution in [0.2, 0.25) is 0 Å². The third-order valence-corrected chi connectivity index (χ3v) is 7.34. The van der Waals surface area contributed by atoms with E-state index < -0.39 is 22.5 Å². The molecule has 0 aliphatic carbocycles. The van der Waals surface area contributed by atoms with Crippen molar-refractivity contribution in [3.8, 4) is 5.75 Å². The highest BCUT2D eigenvalue weighted by atomic mass is 32.2. The van der Waals surface area contributed by atoms with Gasteiger partial charge in [-0.1, -0.05) is 48.5 Å². The Morgan fingerprint density at radius 1 is 0.778 bits per heavy atom. The Bertz CT molecular complexity index is 1710. The van der Waals surface area contributed by atoms with Crippen molar-refractivity contribution in [1.82, 2.24) is 9.29 Å².